The fourth-order valence-electron chi connectivity index (χ4n) is 1.85. The molecule has 2 N–H and O–H groups in total. The average Bonchev–Trinajstić information content (AvgIpc) is 2.25. The van der Waals surface area contributed by atoms with Gasteiger partial charge in [-0.25, -0.2) is 0 Å². The molecule has 0 aromatic heterocycles. The molecule has 0 radical (unpaired) electrons. The van der Waals surface area contributed by atoms with Gasteiger partial charge in [-0.1, -0.05) is 26.0 Å². The summed E-state index contributed by atoms with van der Waals surface area (Å²) in [7, 11) is 0. The fourth-order valence-corrected chi connectivity index (χ4v) is 1.85. The highest BCUT2D eigenvalue weighted by Crippen LogP contribution is 2.29. The lowest BCUT2D eigenvalue weighted by Gasteiger charge is -2.21. The van der Waals surface area contributed by atoms with Crippen molar-refractivity contribution in [3.05, 3.63) is 23.8 Å². The van der Waals surface area contributed by atoms with Crippen LogP contribution in [0.25, 0.3) is 0 Å². The van der Waals surface area contributed by atoms with Gasteiger partial charge < -0.3 is 10.2 Å². The highest BCUT2D eigenvalue weighted by molar-refractivity contribution is 5.44. The normalized spacial score (nSPS) is 10.9. The van der Waals surface area contributed by atoms with Gasteiger partial charge in [0.05, 0.1) is 0 Å². The molecule has 3 nitrogen and oxygen atoms in total. The van der Waals surface area contributed by atoms with Crippen molar-refractivity contribution >= 4 is 0 Å². The first-order chi connectivity index (χ1) is 7.69. The van der Waals surface area contributed by atoms with E-state index >= 15 is 0 Å². The summed E-state index contributed by atoms with van der Waals surface area (Å²) in [6.07, 6.45) is 2.19. The molecule has 16 heavy (non-hydrogen) atoms. The second kappa shape index (κ2) is 6.38. The number of benzene rings is 1. The van der Waals surface area contributed by atoms with Crippen LogP contribution >= 0.6 is 0 Å². The Hall–Kier alpha value is -1.22. The maximum atomic E-state index is 9.71. The lowest BCUT2D eigenvalue weighted by molar-refractivity contribution is 0.261. The Morgan fingerprint density at radius 2 is 1.69 bits per heavy atom. The molecule has 0 bridgehead atoms. The third kappa shape index (κ3) is 3.42. The Balaban J connectivity index is 2.72. The van der Waals surface area contributed by atoms with Crippen molar-refractivity contribution < 1.29 is 10.2 Å². The standard InChI is InChI=1S/C13H21NO2/c1-3-8-14(9-4-2)10-11-6-5-7-12(15)13(11)16/h5-7,15-16H,3-4,8-10H2,1-2H3. The molecule has 0 fully saturated rings. The number of hydrogen-bond donors (Lipinski definition) is 2. The van der Waals surface area contributed by atoms with E-state index in [2.05, 4.69) is 18.7 Å². The molecule has 1 aromatic rings. The zero-order chi connectivity index (χ0) is 12.0. The quantitative estimate of drug-likeness (QED) is 0.729. The third-order valence-corrected chi connectivity index (χ3v) is 2.57. The van der Waals surface area contributed by atoms with Crippen LogP contribution in [0.15, 0.2) is 18.2 Å². The fraction of sp³-hybridized carbons (Fsp3) is 0.538. The van der Waals surface area contributed by atoms with E-state index < -0.39 is 0 Å². The molecule has 0 spiro atoms. The van der Waals surface area contributed by atoms with Crippen molar-refractivity contribution in [2.75, 3.05) is 13.1 Å². The van der Waals surface area contributed by atoms with Crippen LogP contribution in [0.1, 0.15) is 32.3 Å². The SMILES string of the molecule is CCCN(CCC)Cc1cccc(O)c1O. The second-order valence-corrected chi connectivity index (χ2v) is 4.06. The highest BCUT2D eigenvalue weighted by Gasteiger charge is 2.09. The number of rotatable bonds is 6. The lowest BCUT2D eigenvalue weighted by Crippen LogP contribution is -2.24. The molecule has 1 aromatic carbocycles. The molecule has 0 amide bonds. The number of aromatic hydroxyl groups is 2. The van der Waals surface area contributed by atoms with E-state index in [-0.39, 0.29) is 11.5 Å². The summed E-state index contributed by atoms with van der Waals surface area (Å²) < 4.78 is 0. The Morgan fingerprint density at radius 3 is 2.25 bits per heavy atom. The Labute approximate surface area is 97.3 Å². The van der Waals surface area contributed by atoms with Crippen LogP contribution < -0.4 is 0 Å². The van der Waals surface area contributed by atoms with Gasteiger partial charge >= 0.3 is 0 Å². The summed E-state index contributed by atoms with van der Waals surface area (Å²) in [5, 5.41) is 19.1. The smallest absolute Gasteiger partial charge is 0.161 e. The monoisotopic (exact) mass is 223 g/mol. The van der Waals surface area contributed by atoms with Crippen molar-refractivity contribution in [1.29, 1.82) is 0 Å². The molecular weight excluding hydrogens is 202 g/mol. The van der Waals surface area contributed by atoms with Crippen LogP contribution in [0.2, 0.25) is 0 Å². The summed E-state index contributed by atoms with van der Waals surface area (Å²) in [5.41, 5.74) is 0.793. The molecule has 0 aliphatic heterocycles. The molecule has 0 unspecified atom stereocenters. The maximum absolute atomic E-state index is 9.71. The predicted molar refractivity (Wildman–Crippen MR) is 65.6 cm³/mol. The number of para-hydroxylation sites is 1. The number of hydrogen-bond acceptors (Lipinski definition) is 3. The molecule has 0 aliphatic rings. The van der Waals surface area contributed by atoms with Crippen LogP contribution in [0.3, 0.4) is 0 Å². The first-order valence-corrected chi connectivity index (χ1v) is 5.91. The van der Waals surface area contributed by atoms with E-state index in [1.54, 1.807) is 6.07 Å². The molecule has 0 atom stereocenters. The summed E-state index contributed by atoms with van der Waals surface area (Å²) in [4.78, 5) is 2.29. The van der Waals surface area contributed by atoms with Crippen LogP contribution in [-0.4, -0.2) is 28.2 Å². The van der Waals surface area contributed by atoms with E-state index in [4.69, 9.17) is 0 Å². The maximum Gasteiger partial charge on any atom is 0.161 e. The van der Waals surface area contributed by atoms with Crippen molar-refractivity contribution in [3.63, 3.8) is 0 Å². The van der Waals surface area contributed by atoms with Gasteiger partial charge in [0.1, 0.15) is 0 Å². The van der Waals surface area contributed by atoms with E-state index in [1.165, 1.54) is 6.07 Å². The van der Waals surface area contributed by atoms with Gasteiger partial charge in [0.2, 0.25) is 0 Å². The third-order valence-electron chi connectivity index (χ3n) is 2.57. The van der Waals surface area contributed by atoms with Crippen LogP contribution in [0.4, 0.5) is 0 Å². The van der Waals surface area contributed by atoms with Gasteiger partial charge in [0.15, 0.2) is 11.5 Å². The molecule has 90 valence electrons. The largest absolute Gasteiger partial charge is 0.504 e. The topological polar surface area (TPSA) is 43.7 Å². The highest BCUT2D eigenvalue weighted by atomic mass is 16.3. The summed E-state index contributed by atoms with van der Waals surface area (Å²) >= 11 is 0. The lowest BCUT2D eigenvalue weighted by atomic mass is 10.1. The minimum Gasteiger partial charge on any atom is -0.504 e. The van der Waals surface area contributed by atoms with Crippen molar-refractivity contribution in [1.82, 2.24) is 4.90 Å². The first-order valence-electron chi connectivity index (χ1n) is 5.91. The molecule has 0 saturated heterocycles. The van der Waals surface area contributed by atoms with Crippen LogP contribution in [0, 0.1) is 0 Å². The van der Waals surface area contributed by atoms with E-state index in [0.29, 0.717) is 6.54 Å². The van der Waals surface area contributed by atoms with Crippen molar-refractivity contribution in [3.8, 4) is 11.5 Å². The summed E-state index contributed by atoms with van der Waals surface area (Å²) in [5.74, 6) is -0.0230. The van der Waals surface area contributed by atoms with Crippen LogP contribution in [-0.2, 0) is 6.54 Å². The molecule has 1 rings (SSSR count). The molecule has 3 heteroatoms. The number of nitrogens with zero attached hydrogens (tertiary/aromatic N) is 1. The number of phenols is 2. The summed E-state index contributed by atoms with van der Waals surface area (Å²) in [6, 6.07) is 5.12. The summed E-state index contributed by atoms with van der Waals surface area (Å²) in [6.45, 7) is 7.02. The average molecular weight is 223 g/mol. The van der Waals surface area contributed by atoms with E-state index in [1.807, 2.05) is 6.07 Å². The Kier molecular flexibility index (Phi) is 5.12. The minimum atomic E-state index is -0.0366. The van der Waals surface area contributed by atoms with Gasteiger partial charge in [-0.3, -0.25) is 4.90 Å². The van der Waals surface area contributed by atoms with Crippen molar-refractivity contribution in [2.24, 2.45) is 0 Å². The van der Waals surface area contributed by atoms with E-state index in [0.717, 1.165) is 31.5 Å². The molecular formula is C13H21NO2. The Morgan fingerprint density at radius 1 is 1.06 bits per heavy atom. The van der Waals surface area contributed by atoms with Gasteiger partial charge in [-0.15, -0.1) is 0 Å². The Bertz CT molecular complexity index is 320. The second-order valence-electron chi connectivity index (χ2n) is 4.06. The minimum absolute atomic E-state index is 0.0136. The van der Waals surface area contributed by atoms with Crippen molar-refractivity contribution in [2.45, 2.75) is 33.2 Å². The van der Waals surface area contributed by atoms with Gasteiger partial charge in [0.25, 0.3) is 0 Å². The van der Waals surface area contributed by atoms with Gasteiger partial charge in [-0.05, 0) is 32.0 Å². The van der Waals surface area contributed by atoms with Crippen LogP contribution in [0.5, 0.6) is 11.5 Å². The molecule has 0 saturated carbocycles. The first kappa shape index (κ1) is 12.8. The zero-order valence-electron chi connectivity index (χ0n) is 10.1. The van der Waals surface area contributed by atoms with Gasteiger partial charge in [-0.2, -0.15) is 0 Å². The predicted octanol–water partition coefficient (Wildman–Crippen LogP) is 2.72. The zero-order valence-corrected chi connectivity index (χ0v) is 10.1. The molecule has 0 aliphatic carbocycles. The number of phenolic OH excluding ortho intramolecular Hbond substituents is 2. The molecule has 0 heterocycles. The van der Waals surface area contributed by atoms with Gasteiger partial charge in [0, 0.05) is 12.1 Å². The van der Waals surface area contributed by atoms with E-state index in [9.17, 15) is 10.2 Å².